The highest BCUT2D eigenvalue weighted by Gasteiger charge is 2.26. The SMILES string of the molecule is CCCNC(=O)CSc1cn(CC(=O)N2C[C@H](C)O[C@@H](C)C2)c2ccccc12. The summed E-state index contributed by atoms with van der Waals surface area (Å²) in [6.07, 6.45) is 3.04. The molecule has 2 heterocycles. The maximum Gasteiger partial charge on any atom is 0.242 e. The molecular formula is C21H29N3O3S. The van der Waals surface area contributed by atoms with Gasteiger partial charge in [0, 0.05) is 41.6 Å². The molecule has 3 rings (SSSR count). The molecule has 152 valence electrons. The zero-order chi connectivity index (χ0) is 20.1. The zero-order valence-corrected chi connectivity index (χ0v) is 17.6. The number of fused-ring (bicyclic) bond motifs is 1. The Morgan fingerprint density at radius 1 is 1.21 bits per heavy atom. The molecule has 0 aliphatic carbocycles. The number of hydrogen-bond donors (Lipinski definition) is 1. The van der Waals surface area contributed by atoms with Crippen LogP contribution in [0.5, 0.6) is 0 Å². The molecule has 0 spiro atoms. The molecule has 2 amide bonds. The maximum absolute atomic E-state index is 12.9. The van der Waals surface area contributed by atoms with Gasteiger partial charge in [-0.3, -0.25) is 9.59 Å². The normalized spacial score (nSPS) is 19.8. The number of ether oxygens (including phenoxy) is 1. The van der Waals surface area contributed by atoms with Gasteiger partial charge in [0.2, 0.25) is 11.8 Å². The molecule has 2 aromatic rings. The van der Waals surface area contributed by atoms with Crippen molar-refractivity contribution in [1.29, 1.82) is 0 Å². The van der Waals surface area contributed by atoms with Gasteiger partial charge in [0.1, 0.15) is 6.54 Å². The number of rotatable bonds is 7. The monoisotopic (exact) mass is 403 g/mol. The quantitative estimate of drug-likeness (QED) is 0.722. The number of nitrogens with zero attached hydrogens (tertiary/aromatic N) is 2. The number of carbonyl (C=O) groups is 2. The average Bonchev–Trinajstić information content (AvgIpc) is 3.01. The van der Waals surface area contributed by atoms with Crippen LogP contribution in [0.15, 0.2) is 35.4 Å². The van der Waals surface area contributed by atoms with E-state index >= 15 is 0 Å². The minimum Gasteiger partial charge on any atom is -0.372 e. The Hall–Kier alpha value is -1.99. The standard InChI is InChI=1S/C21H29N3O3S/c1-4-9-22-20(25)14-28-19-12-23(18-8-6-5-7-17(18)19)13-21(26)24-10-15(2)27-16(3)11-24/h5-8,12,15-16H,4,9-11,13-14H2,1-3H3,(H,22,25)/t15-,16-/m0/s1. The van der Waals surface area contributed by atoms with E-state index in [0.717, 1.165) is 22.2 Å². The van der Waals surface area contributed by atoms with Crippen LogP contribution < -0.4 is 5.32 Å². The van der Waals surface area contributed by atoms with Crippen LogP contribution in [0.2, 0.25) is 0 Å². The molecule has 6 nitrogen and oxygen atoms in total. The Morgan fingerprint density at radius 2 is 1.93 bits per heavy atom. The van der Waals surface area contributed by atoms with Crippen LogP contribution in [0.25, 0.3) is 10.9 Å². The molecule has 0 saturated carbocycles. The van der Waals surface area contributed by atoms with Crippen LogP contribution in [-0.2, 0) is 20.9 Å². The largest absolute Gasteiger partial charge is 0.372 e. The zero-order valence-electron chi connectivity index (χ0n) is 16.8. The Labute approximate surface area is 170 Å². The number of aromatic nitrogens is 1. The van der Waals surface area contributed by atoms with Gasteiger partial charge < -0.3 is 19.5 Å². The smallest absolute Gasteiger partial charge is 0.242 e. The van der Waals surface area contributed by atoms with E-state index in [9.17, 15) is 9.59 Å². The van der Waals surface area contributed by atoms with Gasteiger partial charge in [-0.1, -0.05) is 25.1 Å². The fourth-order valence-corrected chi connectivity index (χ4v) is 4.46. The lowest BCUT2D eigenvalue weighted by Gasteiger charge is -2.35. The van der Waals surface area contributed by atoms with Gasteiger partial charge >= 0.3 is 0 Å². The van der Waals surface area contributed by atoms with Gasteiger partial charge in [0.05, 0.1) is 18.0 Å². The van der Waals surface area contributed by atoms with Crippen molar-refractivity contribution in [2.75, 3.05) is 25.4 Å². The van der Waals surface area contributed by atoms with Crippen molar-refractivity contribution >= 4 is 34.5 Å². The lowest BCUT2D eigenvalue weighted by atomic mass is 10.2. The van der Waals surface area contributed by atoms with E-state index in [2.05, 4.69) is 5.32 Å². The van der Waals surface area contributed by atoms with Crippen LogP contribution in [0.1, 0.15) is 27.2 Å². The second-order valence-electron chi connectivity index (χ2n) is 7.33. The van der Waals surface area contributed by atoms with Crippen molar-refractivity contribution in [2.24, 2.45) is 0 Å². The summed E-state index contributed by atoms with van der Waals surface area (Å²) in [7, 11) is 0. The molecule has 1 fully saturated rings. The van der Waals surface area contributed by atoms with E-state index in [1.165, 1.54) is 11.8 Å². The molecule has 1 N–H and O–H groups in total. The summed E-state index contributed by atoms with van der Waals surface area (Å²) in [6, 6.07) is 8.03. The van der Waals surface area contributed by atoms with E-state index in [1.54, 1.807) is 0 Å². The minimum absolute atomic E-state index is 0.0380. The molecule has 0 radical (unpaired) electrons. The predicted octanol–water partition coefficient (Wildman–Crippen LogP) is 2.90. The summed E-state index contributed by atoms with van der Waals surface area (Å²) in [5.41, 5.74) is 1.02. The number of thioether (sulfide) groups is 1. The van der Waals surface area contributed by atoms with E-state index in [0.29, 0.717) is 31.9 Å². The predicted molar refractivity (Wildman–Crippen MR) is 113 cm³/mol. The Morgan fingerprint density at radius 3 is 2.64 bits per heavy atom. The first-order valence-electron chi connectivity index (χ1n) is 9.88. The number of morpholine rings is 1. The lowest BCUT2D eigenvalue weighted by molar-refractivity contribution is -0.143. The summed E-state index contributed by atoms with van der Waals surface area (Å²) in [6.45, 7) is 8.28. The van der Waals surface area contributed by atoms with Gasteiger partial charge in [-0.05, 0) is 26.3 Å². The van der Waals surface area contributed by atoms with E-state index in [1.807, 2.05) is 60.7 Å². The summed E-state index contributed by atoms with van der Waals surface area (Å²) in [5, 5.41) is 3.98. The Balaban J connectivity index is 1.73. The highest BCUT2D eigenvalue weighted by molar-refractivity contribution is 8.00. The lowest BCUT2D eigenvalue weighted by Crippen LogP contribution is -2.49. The van der Waals surface area contributed by atoms with E-state index in [-0.39, 0.29) is 24.0 Å². The first kappa shape index (κ1) is 20.7. The Bertz CT molecular complexity index is 825. The van der Waals surface area contributed by atoms with Crippen molar-refractivity contribution in [2.45, 2.75) is 50.8 Å². The van der Waals surface area contributed by atoms with Gasteiger partial charge in [-0.15, -0.1) is 11.8 Å². The molecule has 1 saturated heterocycles. The molecule has 1 aliphatic heterocycles. The molecule has 0 unspecified atom stereocenters. The first-order chi connectivity index (χ1) is 13.5. The summed E-state index contributed by atoms with van der Waals surface area (Å²) < 4.78 is 7.73. The topological polar surface area (TPSA) is 63.6 Å². The molecular weight excluding hydrogens is 374 g/mol. The molecule has 1 aromatic carbocycles. The molecule has 2 atom stereocenters. The summed E-state index contributed by atoms with van der Waals surface area (Å²) in [5.74, 6) is 0.511. The maximum atomic E-state index is 12.9. The first-order valence-corrected chi connectivity index (χ1v) is 10.9. The Kier molecular flexibility index (Phi) is 7.02. The van der Waals surface area contributed by atoms with Crippen LogP contribution in [0.4, 0.5) is 0 Å². The summed E-state index contributed by atoms with van der Waals surface area (Å²) in [4.78, 5) is 27.7. The highest BCUT2D eigenvalue weighted by atomic mass is 32.2. The fourth-order valence-electron chi connectivity index (χ4n) is 3.54. The van der Waals surface area contributed by atoms with Crippen molar-refractivity contribution in [3.8, 4) is 0 Å². The number of amides is 2. The van der Waals surface area contributed by atoms with Crippen molar-refractivity contribution in [1.82, 2.24) is 14.8 Å². The van der Waals surface area contributed by atoms with Gasteiger partial charge in [0.15, 0.2) is 0 Å². The average molecular weight is 404 g/mol. The molecule has 0 bridgehead atoms. The highest BCUT2D eigenvalue weighted by Crippen LogP contribution is 2.30. The number of hydrogen-bond acceptors (Lipinski definition) is 4. The van der Waals surface area contributed by atoms with Crippen LogP contribution in [0, 0.1) is 0 Å². The fraction of sp³-hybridized carbons (Fsp3) is 0.524. The number of carbonyl (C=O) groups excluding carboxylic acids is 2. The second kappa shape index (κ2) is 9.47. The second-order valence-corrected chi connectivity index (χ2v) is 8.35. The van der Waals surface area contributed by atoms with Crippen molar-refractivity contribution in [3.63, 3.8) is 0 Å². The van der Waals surface area contributed by atoms with Gasteiger partial charge in [-0.2, -0.15) is 0 Å². The van der Waals surface area contributed by atoms with Crippen molar-refractivity contribution in [3.05, 3.63) is 30.5 Å². The minimum atomic E-state index is 0.0380. The third-order valence-corrected chi connectivity index (χ3v) is 5.80. The van der Waals surface area contributed by atoms with Gasteiger partial charge in [0.25, 0.3) is 0 Å². The third-order valence-electron chi connectivity index (χ3n) is 4.76. The number of benzene rings is 1. The summed E-state index contributed by atoms with van der Waals surface area (Å²) >= 11 is 1.51. The van der Waals surface area contributed by atoms with Gasteiger partial charge in [-0.25, -0.2) is 0 Å². The van der Waals surface area contributed by atoms with Crippen LogP contribution >= 0.6 is 11.8 Å². The van der Waals surface area contributed by atoms with Crippen LogP contribution in [-0.4, -0.2) is 58.9 Å². The van der Waals surface area contributed by atoms with Crippen LogP contribution in [0.3, 0.4) is 0 Å². The number of para-hydroxylation sites is 1. The third kappa shape index (κ3) is 5.08. The molecule has 28 heavy (non-hydrogen) atoms. The van der Waals surface area contributed by atoms with E-state index in [4.69, 9.17) is 4.74 Å². The molecule has 1 aromatic heterocycles. The van der Waals surface area contributed by atoms with Crippen molar-refractivity contribution < 1.29 is 14.3 Å². The van der Waals surface area contributed by atoms with E-state index < -0.39 is 0 Å². The number of nitrogens with one attached hydrogen (secondary N) is 1. The molecule has 7 heteroatoms. The molecule has 1 aliphatic rings.